The highest BCUT2D eigenvalue weighted by molar-refractivity contribution is 6.31. The van der Waals surface area contributed by atoms with Gasteiger partial charge in [-0.15, -0.1) is 0 Å². The summed E-state index contributed by atoms with van der Waals surface area (Å²) in [5.41, 5.74) is 2.77. The molecule has 0 aliphatic carbocycles. The first-order valence-corrected chi connectivity index (χ1v) is 8.56. The molecule has 2 aliphatic heterocycles. The molecule has 1 saturated heterocycles. The maximum absolute atomic E-state index is 12.1. The van der Waals surface area contributed by atoms with Crippen LogP contribution in [0.15, 0.2) is 45.6 Å². The summed E-state index contributed by atoms with van der Waals surface area (Å²) in [5, 5.41) is 0.647. The number of aromatic nitrogens is 2. The number of rotatable bonds is 1. The van der Waals surface area contributed by atoms with Crippen LogP contribution in [-0.4, -0.2) is 22.6 Å². The Kier molecular flexibility index (Phi) is 3.00. The van der Waals surface area contributed by atoms with Crippen LogP contribution in [0.2, 0.25) is 5.02 Å². The van der Waals surface area contributed by atoms with E-state index in [2.05, 4.69) is 16.0 Å². The van der Waals surface area contributed by atoms with Gasteiger partial charge in [0, 0.05) is 48.4 Å². The molecule has 0 saturated carbocycles. The van der Waals surface area contributed by atoms with Crippen molar-refractivity contribution in [3.8, 4) is 0 Å². The molecule has 2 atom stereocenters. The van der Waals surface area contributed by atoms with Crippen LogP contribution in [-0.2, 0) is 6.54 Å². The Bertz CT molecular complexity index is 993. The number of benzene rings is 1. The maximum atomic E-state index is 12.1. The van der Waals surface area contributed by atoms with Crippen molar-refractivity contribution >= 4 is 28.7 Å². The molecule has 24 heavy (non-hydrogen) atoms. The highest BCUT2D eigenvalue weighted by Gasteiger charge is 2.36. The molecule has 0 amide bonds. The van der Waals surface area contributed by atoms with Crippen molar-refractivity contribution in [2.24, 2.45) is 5.92 Å². The molecule has 5 rings (SSSR count). The summed E-state index contributed by atoms with van der Waals surface area (Å²) in [6.45, 7) is 2.45. The summed E-state index contributed by atoms with van der Waals surface area (Å²) in [7, 11) is 0. The molecular formula is C18H16ClN3O2. The minimum atomic E-state index is 0.104. The Balaban J connectivity index is 1.52. The first-order valence-electron chi connectivity index (χ1n) is 8.18. The lowest BCUT2D eigenvalue weighted by Gasteiger charge is -2.42. The van der Waals surface area contributed by atoms with Gasteiger partial charge in [0.25, 0.3) is 11.6 Å². The Morgan fingerprint density at radius 2 is 2.08 bits per heavy atom. The zero-order chi connectivity index (χ0) is 16.3. The van der Waals surface area contributed by atoms with E-state index in [1.165, 1.54) is 0 Å². The van der Waals surface area contributed by atoms with Gasteiger partial charge in [-0.3, -0.25) is 4.79 Å². The number of oxazole rings is 1. The largest absolute Gasteiger partial charge is 0.423 e. The molecule has 4 heterocycles. The lowest BCUT2D eigenvalue weighted by Crippen LogP contribution is -2.47. The van der Waals surface area contributed by atoms with Crippen LogP contribution in [0, 0.1) is 5.92 Å². The Morgan fingerprint density at radius 1 is 1.17 bits per heavy atom. The SMILES string of the molecule is O=c1cccc2n1CC1CC2CN(c2nc3ccc(Cl)cc3o2)C1. The molecule has 2 aliphatic rings. The molecule has 5 nitrogen and oxygen atoms in total. The summed E-state index contributed by atoms with van der Waals surface area (Å²) < 4.78 is 7.86. The van der Waals surface area contributed by atoms with Crippen LogP contribution >= 0.6 is 11.6 Å². The van der Waals surface area contributed by atoms with Gasteiger partial charge in [-0.2, -0.15) is 4.98 Å². The zero-order valence-electron chi connectivity index (χ0n) is 13.0. The van der Waals surface area contributed by atoms with Crippen molar-refractivity contribution in [1.29, 1.82) is 0 Å². The number of pyridine rings is 1. The second kappa shape index (κ2) is 5.11. The van der Waals surface area contributed by atoms with Gasteiger partial charge in [0.15, 0.2) is 5.58 Å². The number of hydrogen-bond donors (Lipinski definition) is 0. The van der Waals surface area contributed by atoms with E-state index in [0.717, 1.165) is 37.3 Å². The molecular weight excluding hydrogens is 326 g/mol. The lowest BCUT2D eigenvalue weighted by atomic mass is 9.83. The van der Waals surface area contributed by atoms with Crippen LogP contribution in [0.4, 0.5) is 6.01 Å². The molecule has 2 unspecified atom stereocenters. The average Bonchev–Trinajstić information content (AvgIpc) is 2.99. The average molecular weight is 342 g/mol. The minimum absolute atomic E-state index is 0.104. The summed E-state index contributed by atoms with van der Waals surface area (Å²) in [4.78, 5) is 18.9. The second-order valence-corrected chi connectivity index (χ2v) is 7.15. The van der Waals surface area contributed by atoms with E-state index in [9.17, 15) is 4.79 Å². The van der Waals surface area contributed by atoms with Crippen molar-refractivity contribution in [1.82, 2.24) is 9.55 Å². The third-order valence-corrected chi connectivity index (χ3v) is 5.32. The van der Waals surface area contributed by atoms with Gasteiger partial charge in [-0.05, 0) is 30.5 Å². The standard InChI is InChI=1S/C18H16ClN3O2/c19-13-4-5-14-16(7-13)24-18(20-14)21-8-11-6-12(10-21)15-2-1-3-17(23)22(15)9-11/h1-5,7,11-12H,6,8-10H2. The molecule has 2 bridgehead atoms. The Labute approximate surface area is 143 Å². The summed E-state index contributed by atoms with van der Waals surface area (Å²) >= 11 is 6.03. The predicted molar refractivity (Wildman–Crippen MR) is 92.8 cm³/mol. The van der Waals surface area contributed by atoms with E-state index in [1.54, 1.807) is 12.1 Å². The minimum Gasteiger partial charge on any atom is -0.423 e. The molecule has 1 fully saturated rings. The Hall–Kier alpha value is -2.27. The van der Waals surface area contributed by atoms with E-state index in [-0.39, 0.29) is 5.56 Å². The molecule has 0 spiro atoms. The van der Waals surface area contributed by atoms with Gasteiger partial charge in [-0.1, -0.05) is 17.7 Å². The predicted octanol–water partition coefficient (Wildman–Crippen LogP) is 3.27. The first kappa shape index (κ1) is 14.1. The number of hydrogen-bond acceptors (Lipinski definition) is 4. The number of nitrogens with zero attached hydrogens (tertiary/aromatic N) is 3. The van der Waals surface area contributed by atoms with Crippen LogP contribution in [0.3, 0.4) is 0 Å². The highest BCUT2D eigenvalue weighted by atomic mass is 35.5. The van der Waals surface area contributed by atoms with Crippen molar-refractivity contribution in [3.63, 3.8) is 0 Å². The second-order valence-electron chi connectivity index (χ2n) is 6.71. The molecule has 6 heteroatoms. The van der Waals surface area contributed by atoms with Gasteiger partial charge >= 0.3 is 0 Å². The van der Waals surface area contributed by atoms with Crippen LogP contribution in [0.1, 0.15) is 18.0 Å². The molecule has 1 aromatic carbocycles. The van der Waals surface area contributed by atoms with Crippen molar-refractivity contribution in [2.75, 3.05) is 18.0 Å². The molecule has 2 aromatic heterocycles. The van der Waals surface area contributed by atoms with E-state index < -0.39 is 0 Å². The molecule has 0 radical (unpaired) electrons. The summed E-state index contributed by atoms with van der Waals surface area (Å²) in [6, 6.07) is 11.7. The lowest BCUT2D eigenvalue weighted by molar-refractivity contribution is 0.274. The third kappa shape index (κ3) is 2.15. The molecule has 0 N–H and O–H groups in total. The fourth-order valence-electron chi connectivity index (χ4n) is 4.07. The van der Waals surface area contributed by atoms with Gasteiger partial charge in [0.2, 0.25) is 0 Å². The van der Waals surface area contributed by atoms with Gasteiger partial charge < -0.3 is 13.9 Å². The topological polar surface area (TPSA) is 51.3 Å². The van der Waals surface area contributed by atoms with Crippen LogP contribution in [0.5, 0.6) is 0 Å². The third-order valence-electron chi connectivity index (χ3n) is 5.09. The molecule has 3 aromatic rings. The fraction of sp³-hybridized carbons (Fsp3) is 0.333. The quantitative estimate of drug-likeness (QED) is 0.681. The van der Waals surface area contributed by atoms with Crippen LogP contribution in [0.25, 0.3) is 11.1 Å². The maximum Gasteiger partial charge on any atom is 0.298 e. The van der Waals surface area contributed by atoms with Gasteiger partial charge in [0.05, 0.1) is 0 Å². The molecule has 122 valence electrons. The van der Waals surface area contributed by atoms with E-state index in [0.29, 0.717) is 28.5 Å². The van der Waals surface area contributed by atoms with Crippen molar-refractivity contribution in [2.45, 2.75) is 18.9 Å². The summed E-state index contributed by atoms with van der Waals surface area (Å²) in [5.74, 6) is 0.778. The first-order chi connectivity index (χ1) is 11.7. The number of fused-ring (bicyclic) bond motifs is 5. The Morgan fingerprint density at radius 3 is 3.00 bits per heavy atom. The smallest absolute Gasteiger partial charge is 0.298 e. The van der Waals surface area contributed by atoms with Crippen LogP contribution < -0.4 is 10.5 Å². The summed E-state index contributed by atoms with van der Waals surface area (Å²) in [6.07, 6.45) is 1.12. The van der Waals surface area contributed by atoms with Gasteiger partial charge in [-0.25, -0.2) is 0 Å². The fourth-order valence-corrected chi connectivity index (χ4v) is 4.24. The van der Waals surface area contributed by atoms with E-state index in [1.807, 2.05) is 22.8 Å². The number of piperidine rings is 1. The number of halogens is 1. The van der Waals surface area contributed by atoms with Crippen molar-refractivity contribution < 1.29 is 4.42 Å². The van der Waals surface area contributed by atoms with E-state index in [4.69, 9.17) is 16.0 Å². The normalized spacial score (nSPS) is 22.6. The zero-order valence-corrected chi connectivity index (χ0v) is 13.7. The number of anilines is 1. The monoisotopic (exact) mass is 341 g/mol. The van der Waals surface area contributed by atoms with Crippen molar-refractivity contribution in [3.05, 3.63) is 57.5 Å². The highest BCUT2D eigenvalue weighted by Crippen LogP contribution is 2.37. The van der Waals surface area contributed by atoms with Gasteiger partial charge in [0.1, 0.15) is 5.52 Å². The van der Waals surface area contributed by atoms with E-state index >= 15 is 0 Å².